The van der Waals surface area contributed by atoms with Gasteiger partial charge in [-0.15, -0.1) is 24.0 Å². The summed E-state index contributed by atoms with van der Waals surface area (Å²) in [5, 5.41) is 6.54. The van der Waals surface area contributed by atoms with Crippen LogP contribution in [0.3, 0.4) is 0 Å². The van der Waals surface area contributed by atoms with Crippen molar-refractivity contribution in [2.45, 2.75) is 33.0 Å². The summed E-state index contributed by atoms with van der Waals surface area (Å²) in [6.07, 6.45) is 1.96. The summed E-state index contributed by atoms with van der Waals surface area (Å²) in [5.41, 5.74) is 2.12. The molecule has 0 saturated carbocycles. The van der Waals surface area contributed by atoms with E-state index in [2.05, 4.69) is 26.7 Å². The minimum absolute atomic E-state index is 0. The Morgan fingerprint density at radius 2 is 1.92 bits per heavy atom. The molecule has 2 N–H and O–H groups in total. The second-order valence-electron chi connectivity index (χ2n) is 5.41. The van der Waals surface area contributed by atoms with E-state index in [0.29, 0.717) is 13.1 Å². The molecule has 1 aromatic heterocycles. The molecule has 0 bridgehead atoms. The highest BCUT2D eigenvalue weighted by atomic mass is 127. The van der Waals surface area contributed by atoms with Gasteiger partial charge in [0.25, 0.3) is 0 Å². The van der Waals surface area contributed by atoms with Crippen LogP contribution in [0.5, 0.6) is 5.75 Å². The van der Waals surface area contributed by atoms with E-state index in [9.17, 15) is 0 Å². The van der Waals surface area contributed by atoms with E-state index in [0.717, 1.165) is 23.0 Å². The van der Waals surface area contributed by atoms with Crippen LogP contribution in [0.25, 0.3) is 0 Å². The third-order valence-electron chi connectivity index (χ3n) is 3.12. The predicted octanol–water partition coefficient (Wildman–Crippen LogP) is 3.35. The quantitative estimate of drug-likeness (QED) is 0.411. The summed E-state index contributed by atoms with van der Waals surface area (Å²) in [4.78, 5) is 8.51. The average molecular weight is 440 g/mol. The molecule has 0 saturated heterocycles. The zero-order valence-corrected chi connectivity index (χ0v) is 16.7. The molecule has 130 valence electrons. The molecule has 0 radical (unpaired) electrons. The molecule has 0 spiro atoms. The third-order valence-corrected chi connectivity index (χ3v) is 3.12. The second-order valence-corrected chi connectivity index (χ2v) is 5.41. The molecule has 6 heteroatoms. The van der Waals surface area contributed by atoms with Crippen molar-refractivity contribution < 1.29 is 4.74 Å². The molecular weight excluding hydrogens is 415 g/mol. The number of pyridine rings is 1. The Morgan fingerprint density at radius 3 is 2.58 bits per heavy atom. The predicted molar refractivity (Wildman–Crippen MR) is 109 cm³/mol. The van der Waals surface area contributed by atoms with Gasteiger partial charge in [-0.2, -0.15) is 0 Å². The zero-order valence-electron chi connectivity index (χ0n) is 14.3. The van der Waals surface area contributed by atoms with Crippen molar-refractivity contribution >= 4 is 29.9 Å². The Kier molecular flexibility index (Phi) is 9.14. The van der Waals surface area contributed by atoms with E-state index in [1.807, 2.05) is 50.2 Å². The third kappa shape index (κ3) is 7.16. The van der Waals surface area contributed by atoms with Gasteiger partial charge in [0.1, 0.15) is 5.75 Å². The van der Waals surface area contributed by atoms with Gasteiger partial charge in [0.05, 0.1) is 18.3 Å². The normalized spacial score (nSPS) is 10.9. The van der Waals surface area contributed by atoms with Crippen LogP contribution in [-0.4, -0.2) is 24.1 Å². The summed E-state index contributed by atoms with van der Waals surface area (Å²) in [5.74, 6) is 1.63. The van der Waals surface area contributed by atoms with Crippen molar-refractivity contribution in [1.82, 2.24) is 15.6 Å². The molecule has 0 amide bonds. The Labute approximate surface area is 161 Å². The van der Waals surface area contributed by atoms with Gasteiger partial charge in [0.15, 0.2) is 5.96 Å². The van der Waals surface area contributed by atoms with Crippen LogP contribution in [-0.2, 0) is 13.1 Å². The number of aliphatic imine (C=N–C) groups is 1. The van der Waals surface area contributed by atoms with Crippen LogP contribution >= 0.6 is 24.0 Å². The van der Waals surface area contributed by atoms with E-state index in [-0.39, 0.29) is 30.1 Å². The fourth-order valence-corrected chi connectivity index (χ4v) is 2.08. The van der Waals surface area contributed by atoms with Gasteiger partial charge in [-0.1, -0.05) is 18.2 Å². The highest BCUT2D eigenvalue weighted by Crippen LogP contribution is 2.14. The number of guanidine groups is 1. The molecule has 1 aromatic carbocycles. The maximum Gasteiger partial charge on any atom is 0.191 e. The second kappa shape index (κ2) is 10.9. The molecule has 0 fully saturated rings. The number of hydrogen-bond donors (Lipinski definition) is 2. The summed E-state index contributed by atoms with van der Waals surface area (Å²) < 4.78 is 5.71. The van der Waals surface area contributed by atoms with Gasteiger partial charge >= 0.3 is 0 Å². The number of aromatic nitrogens is 1. The van der Waals surface area contributed by atoms with Gasteiger partial charge in [-0.3, -0.25) is 9.98 Å². The SMILES string of the molecule is CN=C(NCc1cccc(OC(C)C)c1)NCc1ccccn1.I. The van der Waals surface area contributed by atoms with Crippen LogP contribution in [0.1, 0.15) is 25.1 Å². The number of ether oxygens (including phenoxy) is 1. The molecule has 0 unspecified atom stereocenters. The molecule has 0 aliphatic heterocycles. The van der Waals surface area contributed by atoms with Gasteiger partial charge in [-0.25, -0.2) is 0 Å². The van der Waals surface area contributed by atoms with Crippen LogP contribution in [0, 0.1) is 0 Å². The Morgan fingerprint density at radius 1 is 1.12 bits per heavy atom. The smallest absolute Gasteiger partial charge is 0.191 e. The van der Waals surface area contributed by atoms with Gasteiger partial charge < -0.3 is 15.4 Å². The highest BCUT2D eigenvalue weighted by Gasteiger charge is 2.02. The minimum Gasteiger partial charge on any atom is -0.491 e. The minimum atomic E-state index is 0. The molecule has 0 atom stereocenters. The van der Waals surface area contributed by atoms with Crippen molar-refractivity contribution in [3.8, 4) is 5.75 Å². The van der Waals surface area contributed by atoms with E-state index in [1.54, 1.807) is 13.2 Å². The first-order valence-corrected chi connectivity index (χ1v) is 7.77. The molecule has 0 aliphatic rings. The molecule has 5 nitrogen and oxygen atoms in total. The summed E-state index contributed by atoms with van der Waals surface area (Å²) >= 11 is 0. The number of hydrogen-bond acceptors (Lipinski definition) is 3. The van der Waals surface area contributed by atoms with Gasteiger partial charge in [0.2, 0.25) is 0 Å². The van der Waals surface area contributed by atoms with Crippen LogP contribution in [0.15, 0.2) is 53.7 Å². The maximum atomic E-state index is 5.71. The van der Waals surface area contributed by atoms with Crippen molar-refractivity contribution in [3.05, 3.63) is 59.9 Å². The fourth-order valence-electron chi connectivity index (χ4n) is 2.08. The summed E-state index contributed by atoms with van der Waals surface area (Å²) in [7, 11) is 1.76. The number of halogens is 1. The van der Waals surface area contributed by atoms with Crippen LogP contribution in [0.4, 0.5) is 0 Å². The maximum absolute atomic E-state index is 5.71. The number of benzene rings is 1. The van der Waals surface area contributed by atoms with Crippen molar-refractivity contribution in [3.63, 3.8) is 0 Å². The molecule has 0 aliphatic carbocycles. The van der Waals surface area contributed by atoms with Crippen molar-refractivity contribution in [2.24, 2.45) is 4.99 Å². The van der Waals surface area contributed by atoms with Gasteiger partial charge in [0, 0.05) is 19.8 Å². The lowest BCUT2D eigenvalue weighted by Crippen LogP contribution is -2.36. The van der Waals surface area contributed by atoms with Crippen molar-refractivity contribution in [1.29, 1.82) is 0 Å². The number of nitrogens with one attached hydrogen (secondary N) is 2. The molecular formula is C18H25IN4O. The first-order chi connectivity index (χ1) is 11.2. The van der Waals surface area contributed by atoms with Crippen LogP contribution < -0.4 is 15.4 Å². The van der Waals surface area contributed by atoms with E-state index in [4.69, 9.17) is 4.74 Å². The zero-order chi connectivity index (χ0) is 16.5. The average Bonchev–Trinajstić information content (AvgIpc) is 2.56. The van der Waals surface area contributed by atoms with E-state index >= 15 is 0 Å². The largest absolute Gasteiger partial charge is 0.491 e. The first-order valence-electron chi connectivity index (χ1n) is 7.77. The van der Waals surface area contributed by atoms with Crippen molar-refractivity contribution in [2.75, 3.05) is 7.05 Å². The Hall–Kier alpha value is -1.83. The lowest BCUT2D eigenvalue weighted by Gasteiger charge is -2.13. The monoisotopic (exact) mass is 440 g/mol. The van der Waals surface area contributed by atoms with E-state index < -0.39 is 0 Å². The highest BCUT2D eigenvalue weighted by molar-refractivity contribution is 14.0. The van der Waals surface area contributed by atoms with Crippen LogP contribution in [0.2, 0.25) is 0 Å². The standard InChI is InChI=1S/C18H24N4O.HI/c1-14(2)23-17-9-6-7-15(11-17)12-21-18(19-3)22-13-16-8-4-5-10-20-16;/h4-11,14H,12-13H2,1-3H3,(H2,19,21,22);1H. The van der Waals surface area contributed by atoms with Gasteiger partial charge in [-0.05, 0) is 43.7 Å². The Balaban J connectivity index is 0.00000288. The molecule has 2 rings (SSSR count). The Bertz CT molecular complexity index is 632. The molecule has 2 aromatic rings. The lowest BCUT2D eigenvalue weighted by atomic mass is 10.2. The molecule has 24 heavy (non-hydrogen) atoms. The first kappa shape index (κ1) is 20.2. The summed E-state index contributed by atoms with van der Waals surface area (Å²) in [6, 6.07) is 13.9. The number of nitrogens with zero attached hydrogens (tertiary/aromatic N) is 2. The fraction of sp³-hybridized carbons (Fsp3) is 0.333. The van der Waals surface area contributed by atoms with E-state index in [1.165, 1.54) is 0 Å². The lowest BCUT2D eigenvalue weighted by molar-refractivity contribution is 0.242. The number of rotatable bonds is 6. The molecule has 1 heterocycles. The summed E-state index contributed by atoms with van der Waals surface area (Å²) in [6.45, 7) is 5.36. The topological polar surface area (TPSA) is 58.5 Å².